The summed E-state index contributed by atoms with van der Waals surface area (Å²) in [6.07, 6.45) is 5.19. The van der Waals surface area contributed by atoms with Crippen molar-refractivity contribution in [2.45, 2.75) is 44.2 Å². The highest BCUT2D eigenvalue weighted by molar-refractivity contribution is 7.44. The second kappa shape index (κ2) is 14.6. The van der Waals surface area contributed by atoms with Crippen molar-refractivity contribution in [3.8, 4) is 0 Å². The predicted octanol–water partition coefficient (Wildman–Crippen LogP) is -1.47. The SMILES string of the molecule is C[N+](C)(C)CCCCn1cnc2c(NCCNC(=O)/C=C/c3cn(C4CC(O)C(COP(=O)([O-])O)O4)c(=O)[nH]c3=O)ncnc21. The van der Waals surface area contributed by atoms with Gasteiger partial charge in [-0.2, -0.15) is 0 Å². The molecule has 0 saturated carbocycles. The van der Waals surface area contributed by atoms with Gasteiger partial charge < -0.3 is 43.8 Å². The zero-order chi connectivity index (χ0) is 32.8. The average Bonchev–Trinajstić information content (AvgIpc) is 3.54. The van der Waals surface area contributed by atoms with Crippen LogP contribution < -0.4 is 26.8 Å². The van der Waals surface area contributed by atoms with Gasteiger partial charge in [-0.15, -0.1) is 0 Å². The molecule has 1 fully saturated rings. The molecule has 0 radical (unpaired) electrons. The Balaban J connectivity index is 1.28. The van der Waals surface area contributed by atoms with Crippen molar-refractivity contribution in [3.05, 3.63) is 51.3 Å². The van der Waals surface area contributed by atoms with Gasteiger partial charge in [0.1, 0.15) is 24.2 Å². The van der Waals surface area contributed by atoms with Crippen LogP contribution >= 0.6 is 7.82 Å². The van der Waals surface area contributed by atoms with Gasteiger partial charge in [0.05, 0.1) is 52.3 Å². The number of phosphoric ester groups is 1. The number of phosphoric acid groups is 1. The standard InChI is InChI=1S/C26H38N9O9P/c1-35(2,3)11-5-4-10-33-16-31-22-23(29-15-30-24(22)33)28-9-8-27-20(37)7-6-17-13-34(26(39)32-25(17)38)21-12-18(36)19(44-21)14-43-45(40,41)42/h6-7,13,15-16,18-19,21,36H,4-5,8-12,14H2,1-3H3,(H4-,27,28,29,30,32,37,38,39,40,41,42)/b7-6+. The lowest BCUT2D eigenvalue weighted by Gasteiger charge is -2.23. The number of nitrogens with zero attached hydrogens (tertiary/aromatic N) is 6. The lowest BCUT2D eigenvalue weighted by atomic mass is 10.2. The highest BCUT2D eigenvalue weighted by Crippen LogP contribution is 2.34. The van der Waals surface area contributed by atoms with Crippen LogP contribution in [-0.2, 0) is 25.2 Å². The monoisotopic (exact) mass is 651 g/mol. The summed E-state index contributed by atoms with van der Waals surface area (Å²) in [6.45, 7) is 1.74. The second-order valence-corrected chi connectivity index (χ2v) is 12.7. The molecule has 0 aliphatic carbocycles. The molecule has 45 heavy (non-hydrogen) atoms. The van der Waals surface area contributed by atoms with Crippen LogP contribution in [0.4, 0.5) is 5.82 Å². The van der Waals surface area contributed by atoms with E-state index in [9.17, 15) is 28.9 Å². The van der Waals surface area contributed by atoms with Gasteiger partial charge >= 0.3 is 5.69 Å². The highest BCUT2D eigenvalue weighted by atomic mass is 31.2. The number of anilines is 1. The van der Waals surface area contributed by atoms with Crippen molar-refractivity contribution < 1.29 is 38.0 Å². The number of aryl methyl sites for hydroxylation is 1. The van der Waals surface area contributed by atoms with Gasteiger partial charge in [0.2, 0.25) is 5.91 Å². The molecule has 3 aromatic rings. The van der Waals surface area contributed by atoms with Gasteiger partial charge in [0, 0.05) is 38.3 Å². The third-order valence-electron chi connectivity index (χ3n) is 6.92. The average molecular weight is 652 g/mol. The lowest BCUT2D eigenvalue weighted by Crippen LogP contribution is -2.35. The quantitative estimate of drug-likeness (QED) is 0.0547. The maximum absolute atomic E-state index is 12.4. The van der Waals surface area contributed by atoms with E-state index in [1.165, 1.54) is 12.4 Å². The Morgan fingerprint density at radius 2 is 2.04 bits per heavy atom. The Morgan fingerprint density at radius 1 is 1.27 bits per heavy atom. The van der Waals surface area contributed by atoms with Crippen LogP contribution in [0.15, 0.2) is 34.5 Å². The number of amides is 1. The van der Waals surface area contributed by atoms with Gasteiger partial charge in [0.25, 0.3) is 13.4 Å². The number of aromatic nitrogens is 6. The molecule has 3 aromatic heterocycles. The number of H-pyrrole nitrogens is 1. The summed E-state index contributed by atoms with van der Waals surface area (Å²) in [5, 5.41) is 16.0. The van der Waals surface area contributed by atoms with Crippen LogP contribution in [0.3, 0.4) is 0 Å². The molecule has 4 heterocycles. The summed E-state index contributed by atoms with van der Waals surface area (Å²) in [6, 6.07) is 0. The van der Waals surface area contributed by atoms with Crippen LogP contribution in [0.5, 0.6) is 0 Å². The molecule has 4 unspecified atom stereocenters. The highest BCUT2D eigenvalue weighted by Gasteiger charge is 2.36. The Kier molecular flexibility index (Phi) is 11.0. The molecule has 1 aliphatic heterocycles. The first-order valence-corrected chi connectivity index (χ1v) is 15.7. The van der Waals surface area contributed by atoms with Crippen molar-refractivity contribution in [1.82, 2.24) is 34.4 Å². The Hall–Kier alpha value is -3.77. The number of aromatic amines is 1. The zero-order valence-electron chi connectivity index (χ0n) is 25.2. The third kappa shape index (κ3) is 9.86. The molecule has 246 valence electrons. The van der Waals surface area contributed by atoms with Gasteiger partial charge in [0.15, 0.2) is 11.5 Å². The van der Waals surface area contributed by atoms with E-state index < -0.39 is 50.0 Å². The fourth-order valence-electron chi connectivity index (χ4n) is 4.67. The number of unbranched alkanes of at least 4 members (excludes halogenated alkanes) is 1. The van der Waals surface area contributed by atoms with E-state index in [0.29, 0.717) is 17.9 Å². The number of nitrogens with one attached hydrogen (secondary N) is 3. The number of fused-ring (bicyclic) bond motifs is 1. The van der Waals surface area contributed by atoms with E-state index in [4.69, 9.17) is 9.63 Å². The van der Waals surface area contributed by atoms with Gasteiger partial charge in [-0.05, 0) is 18.9 Å². The van der Waals surface area contributed by atoms with Crippen molar-refractivity contribution in [1.29, 1.82) is 0 Å². The largest absolute Gasteiger partial charge is 0.756 e. The van der Waals surface area contributed by atoms with Crippen LogP contribution in [0.1, 0.15) is 31.1 Å². The van der Waals surface area contributed by atoms with Gasteiger partial charge in [-0.1, -0.05) is 0 Å². The normalized spacial score (nSPS) is 20.1. The number of hydrogen-bond acceptors (Lipinski definition) is 12. The fraction of sp³-hybridized carbons (Fsp3) is 0.538. The summed E-state index contributed by atoms with van der Waals surface area (Å²) < 4.78 is 24.5. The van der Waals surface area contributed by atoms with Crippen molar-refractivity contribution in [2.24, 2.45) is 0 Å². The maximum atomic E-state index is 12.4. The smallest absolute Gasteiger partial charge is 0.330 e. The van der Waals surface area contributed by atoms with Crippen molar-refractivity contribution in [3.63, 3.8) is 0 Å². The summed E-state index contributed by atoms with van der Waals surface area (Å²) in [4.78, 5) is 71.9. The van der Waals surface area contributed by atoms with Crippen LogP contribution in [0.25, 0.3) is 17.2 Å². The van der Waals surface area contributed by atoms with Gasteiger partial charge in [-0.25, -0.2) is 19.7 Å². The Labute approximate surface area is 257 Å². The Bertz CT molecular complexity index is 1670. The van der Waals surface area contributed by atoms with Crippen molar-refractivity contribution >= 4 is 36.8 Å². The fourth-order valence-corrected chi connectivity index (χ4v) is 5.01. The molecule has 19 heteroatoms. The molecule has 5 N–H and O–H groups in total. The number of carbonyl (C=O) groups is 1. The molecule has 1 aliphatic rings. The first kappa shape index (κ1) is 34.1. The molecule has 4 atom stereocenters. The van der Waals surface area contributed by atoms with Crippen LogP contribution in [-0.4, -0.2) is 109 Å². The zero-order valence-corrected chi connectivity index (χ0v) is 26.1. The number of ether oxygens (including phenoxy) is 1. The number of imidazole rings is 1. The van der Waals surface area contributed by atoms with Gasteiger partial charge in [-0.3, -0.25) is 23.7 Å². The number of quaternary nitrogens is 1. The number of hydrogen-bond donors (Lipinski definition) is 5. The summed E-state index contributed by atoms with van der Waals surface area (Å²) in [5.41, 5.74) is -0.297. The van der Waals surface area contributed by atoms with Crippen molar-refractivity contribution in [2.75, 3.05) is 52.7 Å². The molecule has 18 nitrogen and oxygen atoms in total. The first-order valence-electron chi connectivity index (χ1n) is 14.2. The summed E-state index contributed by atoms with van der Waals surface area (Å²) >= 11 is 0. The van der Waals surface area contributed by atoms with E-state index in [-0.39, 0.29) is 18.5 Å². The van der Waals surface area contributed by atoms with E-state index in [0.717, 1.165) is 52.9 Å². The number of carbonyl (C=O) groups excluding carboxylic acids is 1. The first-order chi connectivity index (χ1) is 21.2. The molecule has 0 bridgehead atoms. The molecular formula is C26H38N9O9P. The predicted molar refractivity (Wildman–Crippen MR) is 160 cm³/mol. The number of aliphatic hydroxyl groups is 1. The Morgan fingerprint density at radius 3 is 2.78 bits per heavy atom. The molecular weight excluding hydrogens is 613 g/mol. The molecule has 4 rings (SSSR count). The minimum atomic E-state index is -5.04. The van der Waals surface area contributed by atoms with E-state index in [1.54, 1.807) is 6.33 Å². The maximum Gasteiger partial charge on any atom is 0.330 e. The molecule has 1 amide bonds. The van der Waals surface area contributed by atoms with E-state index in [2.05, 4.69) is 56.2 Å². The second-order valence-electron chi connectivity index (χ2n) is 11.6. The minimum Gasteiger partial charge on any atom is -0.756 e. The number of aliphatic hydroxyl groups excluding tert-OH is 1. The molecule has 1 saturated heterocycles. The number of rotatable bonds is 15. The minimum absolute atomic E-state index is 0.0449. The third-order valence-corrected chi connectivity index (χ3v) is 7.40. The van der Waals surface area contributed by atoms with E-state index in [1.807, 2.05) is 4.57 Å². The molecule has 0 spiro atoms. The van der Waals surface area contributed by atoms with Crippen LogP contribution in [0, 0.1) is 0 Å². The summed E-state index contributed by atoms with van der Waals surface area (Å²) in [7, 11) is 1.44. The summed E-state index contributed by atoms with van der Waals surface area (Å²) in [5.74, 6) is 0.0332. The molecule has 0 aromatic carbocycles. The topological polar surface area (TPSA) is 239 Å². The van der Waals surface area contributed by atoms with E-state index >= 15 is 0 Å². The lowest BCUT2D eigenvalue weighted by molar-refractivity contribution is -0.870. The van der Waals surface area contributed by atoms with Crippen LogP contribution in [0.2, 0.25) is 0 Å².